The Morgan fingerprint density at radius 2 is 0.971 bits per heavy atom. The topological polar surface area (TPSA) is 36.9 Å². The molecule has 2 unspecified atom stereocenters. The Bertz CT molecular complexity index is 1290. The van der Waals surface area contributed by atoms with Gasteiger partial charge in [-0.1, -0.05) is 48.5 Å². The van der Waals surface area contributed by atoms with Crippen LogP contribution in [0.4, 0.5) is 0 Å². The van der Waals surface area contributed by atoms with E-state index in [2.05, 4.69) is 62.4 Å². The van der Waals surface area contributed by atoms with Crippen LogP contribution < -0.4 is 18.1 Å². The summed E-state index contributed by atoms with van der Waals surface area (Å²) in [7, 11) is -0.244. The lowest BCUT2D eigenvalue weighted by Gasteiger charge is -2.24. The maximum absolute atomic E-state index is 6.29. The lowest BCUT2D eigenvalue weighted by atomic mass is 9.91. The number of para-hydroxylation sites is 2. The van der Waals surface area contributed by atoms with Crippen LogP contribution in [-0.4, -0.2) is 0 Å². The summed E-state index contributed by atoms with van der Waals surface area (Å²) in [4.78, 5) is 0. The fourth-order valence-corrected chi connectivity index (χ4v) is 6.03. The average molecular weight is 486 g/mol. The van der Waals surface area contributed by atoms with Crippen LogP contribution in [0.15, 0.2) is 72.8 Å². The minimum absolute atomic E-state index is 0.122. The Balaban J connectivity index is 1.52. The normalized spacial score (nSPS) is 15.5. The number of hydrogen-bond acceptors (Lipinski definition) is 4. The molecule has 0 bridgehead atoms. The predicted octanol–water partition coefficient (Wildman–Crippen LogP) is 7.71. The molecule has 0 N–H and O–H groups in total. The van der Waals surface area contributed by atoms with Crippen molar-refractivity contribution in [3.05, 3.63) is 106 Å². The van der Waals surface area contributed by atoms with Crippen LogP contribution in [0.5, 0.6) is 23.0 Å². The third-order valence-electron chi connectivity index (χ3n) is 6.21. The minimum atomic E-state index is -0.122. The van der Waals surface area contributed by atoms with Crippen LogP contribution in [0.1, 0.15) is 33.4 Å². The van der Waals surface area contributed by atoms with Crippen molar-refractivity contribution in [2.75, 3.05) is 0 Å². The van der Waals surface area contributed by atoms with Crippen molar-refractivity contribution in [3.8, 4) is 34.1 Å². The van der Waals surface area contributed by atoms with Crippen LogP contribution in [0, 0.1) is 13.8 Å². The number of rotatable bonds is 1. The van der Waals surface area contributed by atoms with Gasteiger partial charge in [0, 0.05) is 35.1 Å². The van der Waals surface area contributed by atoms with Gasteiger partial charge in [0.2, 0.25) is 0 Å². The van der Waals surface area contributed by atoms with Gasteiger partial charge in [0.15, 0.2) is 0 Å². The highest BCUT2D eigenvalue weighted by Crippen LogP contribution is 2.48. The van der Waals surface area contributed by atoms with E-state index in [4.69, 9.17) is 18.1 Å². The van der Waals surface area contributed by atoms with Crippen LogP contribution in [0.2, 0.25) is 0 Å². The molecular formula is C28H24O4P2. The molecule has 0 aromatic heterocycles. The minimum Gasteiger partial charge on any atom is -0.440 e. The quantitative estimate of drug-likeness (QED) is 0.258. The molecule has 0 fully saturated rings. The SMILES string of the molecule is Cc1cc2c(c(-c3cc(C)cc4c3OPOc3ccccc3C4)c1)OPOc1ccccc1C2. The average Bonchev–Trinajstić information content (AvgIpc) is 2.80. The monoisotopic (exact) mass is 486 g/mol. The number of benzene rings is 4. The summed E-state index contributed by atoms with van der Waals surface area (Å²) in [5.41, 5.74) is 9.08. The summed E-state index contributed by atoms with van der Waals surface area (Å²) in [6.07, 6.45) is 1.50. The number of aryl methyl sites for hydroxylation is 2. The Labute approximate surface area is 203 Å². The Morgan fingerprint density at radius 3 is 1.44 bits per heavy atom. The fourth-order valence-electron chi connectivity index (χ4n) is 4.72. The Morgan fingerprint density at radius 1 is 0.529 bits per heavy atom. The molecule has 0 amide bonds. The molecule has 2 atom stereocenters. The molecule has 2 aliphatic heterocycles. The third-order valence-corrected chi connectivity index (χ3v) is 7.39. The van der Waals surface area contributed by atoms with E-state index in [-0.39, 0.29) is 18.1 Å². The van der Waals surface area contributed by atoms with E-state index in [1.165, 1.54) is 22.3 Å². The van der Waals surface area contributed by atoms with E-state index in [9.17, 15) is 0 Å². The second-order valence-electron chi connectivity index (χ2n) is 8.75. The van der Waals surface area contributed by atoms with E-state index in [1.807, 2.05) is 24.3 Å². The first-order valence-electron chi connectivity index (χ1n) is 11.3. The van der Waals surface area contributed by atoms with Gasteiger partial charge in [0.1, 0.15) is 23.0 Å². The van der Waals surface area contributed by atoms with Crippen LogP contribution in [0.3, 0.4) is 0 Å². The molecule has 0 spiro atoms. The second-order valence-corrected chi connectivity index (χ2v) is 9.90. The lowest BCUT2D eigenvalue weighted by molar-refractivity contribution is 0.498. The summed E-state index contributed by atoms with van der Waals surface area (Å²) in [6, 6.07) is 25.2. The third kappa shape index (κ3) is 4.02. The van der Waals surface area contributed by atoms with Gasteiger partial charge < -0.3 is 18.1 Å². The number of fused-ring (bicyclic) bond motifs is 4. The molecule has 4 aromatic carbocycles. The first-order valence-corrected chi connectivity index (χ1v) is 12.9. The second kappa shape index (κ2) is 8.95. The first-order chi connectivity index (χ1) is 16.7. The van der Waals surface area contributed by atoms with Crippen LogP contribution in [-0.2, 0) is 12.8 Å². The highest BCUT2D eigenvalue weighted by Gasteiger charge is 2.24. The fraction of sp³-hybridized carbons (Fsp3) is 0.143. The van der Waals surface area contributed by atoms with Gasteiger partial charge in [-0.25, -0.2) is 0 Å². The molecule has 0 aliphatic carbocycles. The molecule has 6 heteroatoms. The zero-order valence-corrected chi connectivity index (χ0v) is 21.0. The van der Waals surface area contributed by atoms with Gasteiger partial charge in [-0.05, 0) is 60.4 Å². The van der Waals surface area contributed by atoms with Gasteiger partial charge in [-0.15, -0.1) is 0 Å². The van der Waals surface area contributed by atoms with Crippen LogP contribution in [0.25, 0.3) is 11.1 Å². The van der Waals surface area contributed by atoms with E-state index < -0.39 is 0 Å². The molecule has 2 aliphatic rings. The number of hydrogen-bond donors (Lipinski definition) is 0. The van der Waals surface area contributed by atoms with Gasteiger partial charge in [-0.2, -0.15) is 0 Å². The van der Waals surface area contributed by atoms with E-state index in [0.717, 1.165) is 58.1 Å². The molecule has 6 rings (SSSR count). The molecule has 2 heterocycles. The smallest absolute Gasteiger partial charge is 0.275 e. The molecule has 34 heavy (non-hydrogen) atoms. The van der Waals surface area contributed by atoms with Gasteiger partial charge in [0.25, 0.3) is 18.1 Å². The largest absolute Gasteiger partial charge is 0.440 e. The summed E-state index contributed by atoms with van der Waals surface area (Å²) in [6.45, 7) is 4.27. The summed E-state index contributed by atoms with van der Waals surface area (Å²) in [5, 5.41) is 0. The Kier molecular flexibility index (Phi) is 5.65. The molecule has 0 saturated heterocycles. The van der Waals surface area contributed by atoms with E-state index in [0.29, 0.717) is 0 Å². The summed E-state index contributed by atoms with van der Waals surface area (Å²) >= 11 is 0. The van der Waals surface area contributed by atoms with Gasteiger partial charge >= 0.3 is 0 Å². The molecule has 4 aromatic rings. The zero-order chi connectivity index (χ0) is 23.1. The molecule has 4 nitrogen and oxygen atoms in total. The van der Waals surface area contributed by atoms with Gasteiger partial charge in [0.05, 0.1) is 0 Å². The first kappa shape index (κ1) is 21.5. The van der Waals surface area contributed by atoms with Crippen molar-refractivity contribution in [3.63, 3.8) is 0 Å². The highest BCUT2D eigenvalue weighted by molar-refractivity contribution is 7.27. The predicted molar refractivity (Wildman–Crippen MR) is 139 cm³/mol. The summed E-state index contributed by atoms with van der Waals surface area (Å²) in [5.74, 6) is 3.49. The maximum atomic E-state index is 6.29. The highest BCUT2D eigenvalue weighted by atomic mass is 31.1. The van der Waals surface area contributed by atoms with Crippen molar-refractivity contribution in [2.45, 2.75) is 26.7 Å². The zero-order valence-electron chi connectivity index (χ0n) is 19.0. The van der Waals surface area contributed by atoms with E-state index in [1.54, 1.807) is 0 Å². The van der Waals surface area contributed by atoms with Crippen molar-refractivity contribution in [2.24, 2.45) is 0 Å². The van der Waals surface area contributed by atoms with Crippen molar-refractivity contribution in [1.29, 1.82) is 0 Å². The molecule has 0 radical (unpaired) electrons. The molecule has 170 valence electrons. The standard InChI is InChI=1S/C28H24O4P2/c1-17-11-21-15-19-7-3-5-9-25(19)29-33-31-27(21)23(13-17)24-14-18(2)12-22-16-20-8-4-6-10-26(20)30-34-32-28(22)24/h3-14,33-34H,15-16H2,1-2H3. The van der Waals surface area contributed by atoms with Gasteiger partial charge in [-0.3, -0.25) is 0 Å². The van der Waals surface area contributed by atoms with Crippen LogP contribution >= 0.6 is 18.1 Å². The van der Waals surface area contributed by atoms with E-state index >= 15 is 0 Å². The maximum Gasteiger partial charge on any atom is 0.275 e. The molecular weight excluding hydrogens is 462 g/mol. The summed E-state index contributed by atoms with van der Waals surface area (Å²) < 4.78 is 24.5. The van der Waals surface area contributed by atoms with Crippen molar-refractivity contribution in [1.82, 2.24) is 0 Å². The molecule has 0 saturated carbocycles. The van der Waals surface area contributed by atoms with Crippen molar-refractivity contribution < 1.29 is 18.1 Å². The lowest BCUT2D eigenvalue weighted by Crippen LogP contribution is -2.04. The Hall–Kier alpha value is -3.06. The van der Waals surface area contributed by atoms with Crippen molar-refractivity contribution >= 4 is 18.1 Å².